The number of hydrogen-bond acceptors (Lipinski definition) is 3. The Hall–Kier alpha value is -0.610. The van der Waals surface area contributed by atoms with Crippen molar-refractivity contribution >= 4 is 5.97 Å². The van der Waals surface area contributed by atoms with Gasteiger partial charge in [-0.1, -0.05) is 0 Å². The maximum Gasteiger partial charge on any atom is 0.306 e. The number of carbonyl (C=O) groups is 1. The van der Waals surface area contributed by atoms with Gasteiger partial charge in [0.15, 0.2) is 0 Å². The lowest BCUT2D eigenvalue weighted by Crippen LogP contribution is -2.28. The van der Waals surface area contributed by atoms with Gasteiger partial charge in [0.1, 0.15) is 0 Å². The van der Waals surface area contributed by atoms with Crippen molar-refractivity contribution in [3.05, 3.63) is 0 Å². The van der Waals surface area contributed by atoms with Crippen molar-refractivity contribution in [3.8, 4) is 0 Å². The van der Waals surface area contributed by atoms with Gasteiger partial charge in [-0.15, -0.1) is 0 Å². The second-order valence-corrected chi connectivity index (χ2v) is 5.64. The summed E-state index contributed by atoms with van der Waals surface area (Å²) in [5.41, 5.74) is -0.121. The van der Waals surface area contributed by atoms with E-state index >= 15 is 0 Å². The molecule has 1 aliphatic rings. The largest absolute Gasteiger partial charge is 0.481 e. The number of hydrogen-bond donors (Lipinski definition) is 1. The maximum absolute atomic E-state index is 10.8. The van der Waals surface area contributed by atoms with Gasteiger partial charge >= 0.3 is 5.97 Å². The first-order valence-electron chi connectivity index (χ1n) is 6.37. The zero-order chi connectivity index (χ0) is 12.9. The molecule has 1 N–H and O–H groups in total. The predicted octanol–water partition coefficient (Wildman–Crippen LogP) is 2.46. The highest BCUT2D eigenvalue weighted by molar-refractivity contribution is 5.69. The van der Waals surface area contributed by atoms with Gasteiger partial charge < -0.3 is 14.6 Å². The van der Waals surface area contributed by atoms with Crippen LogP contribution in [0.2, 0.25) is 0 Å². The fourth-order valence-corrected chi connectivity index (χ4v) is 2.04. The molecule has 1 aliphatic carbocycles. The molecule has 0 unspecified atom stereocenters. The SMILES string of the molecule is CC(C)(C)OCCOC1CCC(C(=O)O)CC1. The molecule has 1 fully saturated rings. The van der Waals surface area contributed by atoms with E-state index in [0.717, 1.165) is 25.7 Å². The Morgan fingerprint density at radius 1 is 1.18 bits per heavy atom. The Kier molecular flexibility index (Phi) is 5.40. The minimum Gasteiger partial charge on any atom is -0.481 e. The van der Waals surface area contributed by atoms with Gasteiger partial charge in [-0.05, 0) is 46.5 Å². The van der Waals surface area contributed by atoms with Gasteiger partial charge in [0.2, 0.25) is 0 Å². The molecular formula is C13H24O4. The van der Waals surface area contributed by atoms with Crippen LogP contribution in [0.4, 0.5) is 0 Å². The van der Waals surface area contributed by atoms with Crippen LogP contribution in [0.3, 0.4) is 0 Å². The summed E-state index contributed by atoms with van der Waals surface area (Å²) >= 11 is 0. The third-order valence-corrected chi connectivity index (χ3v) is 3.00. The van der Waals surface area contributed by atoms with Crippen LogP contribution in [0, 0.1) is 5.92 Å². The van der Waals surface area contributed by atoms with Crippen molar-refractivity contribution in [1.82, 2.24) is 0 Å². The third-order valence-electron chi connectivity index (χ3n) is 3.00. The zero-order valence-electron chi connectivity index (χ0n) is 11.1. The standard InChI is InChI=1S/C13H24O4/c1-13(2,3)17-9-8-16-11-6-4-10(5-7-11)12(14)15/h10-11H,4-9H2,1-3H3,(H,14,15). The summed E-state index contributed by atoms with van der Waals surface area (Å²) in [5, 5.41) is 8.87. The van der Waals surface area contributed by atoms with E-state index in [-0.39, 0.29) is 17.6 Å². The Morgan fingerprint density at radius 3 is 2.24 bits per heavy atom. The topological polar surface area (TPSA) is 55.8 Å². The van der Waals surface area contributed by atoms with Crippen molar-refractivity contribution in [3.63, 3.8) is 0 Å². The predicted molar refractivity (Wildman–Crippen MR) is 65.0 cm³/mol. The molecule has 0 spiro atoms. The van der Waals surface area contributed by atoms with Crippen LogP contribution in [0.5, 0.6) is 0 Å². The molecule has 0 bridgehead atoms. The van der Waals surface area contributed by atoms with Crippen LogP contribution in [-0.4, -0.2) is 36.0 Å². The summed E-state index contributed by atoms with van der Waals surface area (Å²) in [6, 6.07) is 0. The summed E-state index contributed by atoms with van der Waals surface area (Å²) in [4.78, 5) is 10.8. The summed E-state index contributed by atoms with van der Waals surface area (Å²) < 4.78 is 11.2. The van der Waals surface area contributed by atoms with Crippen molar-refractivity contribution in [1.29, 1.82) is 0 Å². The van der Waals surface area contributed by atoms with Crippen LogP contribution in [0.15, 0.2) is 0 Å². The summed E-state index contributed by atoms with van der Waals surface area (Å²) in [7, 11) is 0. The first-order valence-corrected chi connectivity index (χ1v) is 6.37. The third kappa shape index (κ3) is 6.03. The molecule has 0 atom stereocenters. The van der Waals surface area contributed by atoms with Gasteiger partial charge in [0, 0.05) is 0 Å². The highest BCUT2D eigenvalue weighted by atomic mass is 16.5. The molecule has 1 saturated carbocycles. The van der Waals surface area contributed by atoms with Gasteiger partial charge in [-0.3, -0.25) is 4.79 Å². The Balaban J connectivity index is 2.09. The lowest BCUT2D eigenvalue weighted by Gasteiger charge is -2.27. The smallest absolute Gasteiger partial charge is 0.306 e. The normalized spacial score (nSPS) is 25.8. The summed E-state index contributed by atoms with van der Waals surface area (Å²) in [5.74, 6) is -0.833. The monoisotopic (exact) mass is 244 g/mol. The molecule has 0 aromatic rings. The highest BCUT2D eigenvalue weighted by Crippen LogP contribution is 2.26. The van der Waals surface area contributed by atoms with Crippen molar-refractivity contribution in [2.75, 3.05) is 13.2 Å². The van der Waals surface area contributed by atoms with Crippen LogP contribution in [-0.2, 0) is 14.3 Å². The summed E-state index contributed by atoms with van der Waals surface area (Å²) in [6.07, 6.45) is 3.40. The molecule has 0 aromatic carbocycles. The van der Waals surface area contributed by atoms with Crippen LogP contribution >= 0.6 is 0 Å². The first kappa shape index (κ1) is 14.5. The average molecular weight is 244 g/mol. The van der Waals surface area contributed by atoms with E-state index in [1.807, 2.05) is 20.8 Å². The van der Waals surface area contributed by atoms with Gasteiger partial charge in [-0.25, -0.2) is 0 Å². The minimum atomic E-state index is -0.667. The molecule has 100 valence electrons. The molecule has 17 heavy (non-hydrogen) atoms. The second kappa shape index (κ2) is 6.36. The van der Waals surface area contributed by atoms with E-state index in [4.69, 9.17) is 14.6 Å². The number of carboxylic acids is 1. The highest BCUT2D eigenvalue weighted by Gasteiger charge is 2.26. The van der Waals surface area contributed by atoms with Crippen LogP contribution in [0.1, 0.15) is 46.5 Å². The molecule has 0 amide bonds. The number of ether oxygens (including phenoxy) is 2. The van der Waals surface area contributed by atoms with Gasteiger partial charge in [-0.2, -0.15) is 0 Å². The average Bonchev–Trinajstić information content (AvgIpc) is 2.24. The number of aliphatic carboxylic acids is 1. The van der Waals surface area contributed by atoms with E-state index < -0.39 is 5.97 Å². The number of rotatable bonds is 5. The van der Waals surface area contributed by atoms with Crippen molar-refractivity contribution in [2.45, 2.75) is 58.2 Å². The van der Waals surface area contributed by atoms with Gasteiger partial charge in [0.05, 0.1) is 30.8 Å². The van der Waals surface area contributed by atoms with E-state index in [2.05, 4.69) is 0 Å². The van der Waals surface area contributed by atoms with Crippen LogP contribution in [0.25, 0.3) is 0 Å². The molecule has 0 aromatic heterocycles. The molecule has 4 nitrogen and oxygen atoms in total. The maximum atomic E-state index is 10.8. The minimum absolute atomic E-state index is 0.121. The molecule has 4 heteroatoms. The van der Waals surface area contributed by atoms with E-state index in [0.29, 0.717) is 13.2 Å². The van der Waals surface area contributed by atoms with Crippen molar-refractivity contribution in [2.24, 2.45) is 5.92 Å². The molecule has 0 heterocycles. The van der Waals surface area contributed by atoms with E-state index in [9.17, 15) is 4.79 Å². The molecule has 0 aliphatic heterocycles. The lowest BCUT2D eigenvalue weighted by atomic mass is 9.87. The Bertz CT molecular complexity index is 236. The quantitative estimate of drug-likeness (QED) is 0.755. The molecule has 0 radical (unpaired) electrons. The molecule has 0 saturated heterocycles. The summed E-state index contributed by atoms with van der Waals surface area (Å²) in [6.45, 7) is 7.25. The first-order chi connectivity index (χ1) is 7.88. The fraction of sp³-hybridized carbons (Fsp3) is 0.923. The lowest BCUT2D eigenvalue weighted by molar-refractivity contribution is -0.144. The molecular weight excluding hydrogens is 220 g/mol. The number of carboxylic acid groups (broad SMARTS) is 1. The van der Waals surface area contributed by atoms with Crippen LogP contribution < -0.4 is 0 Å². The van der Waals surface area contributed by atoms with E-state index in [1.54, 1.807) is 0 Å². The Labute approximate surface area is 103 Å². The van der Waals surface area contributed by atoms with Crippen molar-refractivity contribution < 1.29 is 19.4 Å². The second-order valence-electron chi connectivity index (χ2n) is 5.64. The van der Waals surface area contributed by atoms with Gasteiger partial charge in [0.25, 0.3) is 0 Å². The molecule has 1 rings (SSSR count). The fourth-order valence-electron chi connectivity index (χ4n) is 2.04. The zero-order valence-corrected chi connectivity index (χ0v) is 11.1. The van der Waals surface area contributed by atoms with E-state index in [1.165, 1.54) is 0 Å². The Morgan fingerprint density at radius 2 is 1.76 bits per heavy atom.